The van der Waals surface area contributed by atoms with Gasteiger partial charge in [0.25, 0.3) is 0 Å². The zero-order chi connectivity index (χ0) is 17.9. The second kappa shape index (κ2) is 7.57. The van der Waals surface area contributed by atoms with Crippen LogP contribution >= 0.6 is 0 Å². The van der Waals surface area contributed by atoms with E-state index in [0.29, 0.717) is 0 Å². The minimum atomic E-state index is 0.765. The molecule has 1 aromatic heterocycles. The van der Waals surface area contributed by atoms with Crippen LogP contribution in [0.5, 0.6) is 0 Å². The molecule has 26 heavy (non-hydrogen) atoms. The SMILES string of the molecule is CN1CCN(c2nc3c(c(NN)n2)CN(Cc2ccccc2)CC3)CC1. The minimum absolute atomic E-state index is 0.765. The summed E-state index contributed by atoms with van der Waals surface area (Å²) in [4.78, 5) is 16.6. The zero-order valence-corrected chi connectivity index (χ0v) is 15.4. The van der Waals surface area contributed by atoms with Crippen LogP contribution < -0.4 is 16.2 Å². The van der Waals surface area contributed by atoms with Crippen molar-refractivity contribution < 1.29 is 0 Å². The molecule has 1 fully saturated rings. The lowest BCUT2D eigenvalue weighted by Gasteiger charge is -2.34. The molecule has 0 spiro atoms. The van der Waals surface area contributed by atoms with Crippen molar-refractivity contribution in [2.75, 3.05) is 50.1 Å². The van der Waals surface area contributed by atoms with Gasteiger partial charge in [0.2, 0.25) is 5.95 Å². The summed E-state index contributed by atoms with van der Waals surface area (Å²) >= 11 is 0. The number of hydrogen-bond acceptors (Lipinski definition) is 7. The summed E-state index contributed by atoms with van der Waals surface area (Å²) in [6.45, 7) is 6.76. The normalized spacial score (nSPS) is 18.6. The molecule has 2 aromatic rings. The molecule has 0 saturated carbocycles. The average Bonchev–Trinajstić information content (AvgIpc) is 2.68. The van der Waals surface area contributed by atoms with Gasteiger partial charge in [-0.15, -0.1) is 0 Å². The zero-order valence-electron chi connectivity index (χ0n) is 15.4. The summed E-state index contributed by atoms with van der Waals surface area (Å²) in [6.07, 6.45) is 0.931. The van der Waals surface area contributed by atoms with Crippen LogP contribution in [0.4, 0.5) is 11.8 Å². The molecule has 138 valence electrons. The quantitative estimate of drug-likeness (QED) is 0.629. The molecule has 7 nitrogen and oxygen atoms in total. The van der Waals surface area contributed by atoms with Gasteiger partial charge in [0.1, 0.15) is 5.82 Å². The number of nitrogens with zero attached hydrogens (tertiary/aromatic N) is 5. The van der Waals surface area contributed by atoms with E-state index in [0.717, 1.165) is 75.3 Å². The maximum absolute atomic E-state index is 5.81. The maximum Gasteiger partial charge on any atom is 0.227 e. The van der Waals surface area contributed by atoms with Crippen molar-refractivity contribution >= 4 is 11.8 Å². The summed E-state index contributed by atoms with van der Waals surface area (Å²) in [5.41, 5.74) is 6.40. The molecule has 0 unspecified atom stereocenters. The molecule has 2 aliphatic heterocycles. The highest BCUT2D eigenvalue weighted by Gasteiger charge is 2.25. The monoisotopic (exact) mass is 353 g/mol. The number of likely N-dealkylation sites (N-methyl/N-ethyl adjacent to an activating group) is 1. The first-order valence-corrected chi connectivity index (χ1v) is 9.29. The first kappa shape index (κ1) is 17.2. The molecule has 0 aliphatic carbocycles. The molecule has 4 rings (SSSR count). The van der Waals surface area contributed by atoms with Gasteiger partial charge < -0.3 is 15.2 Å². The molecule has 0 amide bonds. The summed E-state index contributed by atoms with van der Waals surface area (Å²) in [7, 11) is 2.15. The molecular weight excluding hydrogens is 326 g/mol. The van der Waals surface area contributed by atoms with Gasteiger partial charge in [0.15, 0.2) is 0 Å². The van der Waals surface area contributed by atoms with Gasteiger partial charge in [-0.3, -0.25) is 4.90 Å². The molecule has 1 aromatic carbocycles. The first-order valence-electron chi connectivity index (χ1n) is 9.29. The first-order chi connectivity index (χ1) is 12.7. The Kier molecular flexibility index (Phi) is 5.01. The molecule has 0 radical (unpaired) electrons. The number of nitrogens with one attached hydrogen (secondary N) is 1. The number of fused-ring (bicyclic) bond motifs is 1. The Balaban J connectivity index is 1.53. The van der Waals surface area contributed by atoms with Gasteiger partial charge in [-0.25, -0.2) is 10.8 Å². The number of anilines is 2. The number of nitrogens with two attached hydrogens (primary N) is 1. The van der Waals surface area contributed by atoms with Crippen molar-refractivity contribution in [3.05, 3.63) is 47.2 Å². The average molecular weight is 353 g/mol. The summed E-state index contributed by atoms with van der Waals surface area (Å²) in [5, 5.41) is 0. The fourth-order valence-electron chi connectivity index (χ4n) is 3.70. The summed E-state index contributed by atoms with van der Waals surface area (Å²) in [6, 6.07) is 10.6. The van der Waals surface area contributed by atoms with Crippen LogP contribution in [0.25, 0.3) is 0 Å². The second-order valence-corrected chi connectivity index (χ2v) is 7.18. The fraction of sp³-hybridized carbons (Fsp3) is 0.474. The highest BCUT2D eigenvalue weighted by Crippen LogP contribution is 2.27. The lowest BCUT2D eigenvalue weighted by Crippen LogP contribution is -2.45. The van der Waals surface area contributed by atoms with Crippen LogP contribution in [-0.4, -0.2) is 59.5 Å². The van der Waals surface area contributed by atoms with Crippen LogP contribution in [0.2, 0.25) is 0 Å². The number of hydrazine groups is 1. The molecule has 2 aliphatic rings. The topological polar surface area (TPSA) is 73.5 Å². The lowest BCUT2D eigenvalue weighted by molar-refractivity contribution is 0.243. The number of rotatable bonds is 4. The molecule has 1 saturated heterocycles. The van der Waals surface area contributed by atoms with E-state index < -0.39 is 0 Å². The Morgan fingerprint density at radius 3 is 2.54 bits per heavy atom. The predicted molar refractivity (Wildman–Crippen MR) is 104 cm³/mol. The van der Waals surface area contributed by atoms with E-state index in [1.807, 2.05) is 0 Å². The van der Waals surface area contributed by atoms with Crippen molar-refractivity contribution in [1.82, 2.24) is 19.8 Å². The Morgan fingerprint density at radius 2 is 1.81 bits per heavy atom. The van der Waals surface area contributed by atoms with Crippen molar-refractivity contribution in [3.8, 4) is 0 Å². The number of hydrogen-bond donors (Lipinski definition) is 2. The predicted octanol–water partition coefficient (Wildman–Crippen LogP) is 1.07. The van der Waals surface area contributed by atoms with Gasteiger partial charge in [0.05, 0.1) is 5.69 Å². The number of nitrogen functional groups attached to an aromatic ring is 1. The Bertz CT molecular complexity index is 724. The number of aromatic nitrogens is 2. The highest BCUT2D eigenvalue weighted by molar-refractivity contribution is 5.51. The van der Waals surface area contributed by atoms with Crippen molar-refractivity contribution in [1.29, 1.82) is 0 Å². The number of piperazine rings is 1. The van der Waals surface area contributed by atoms with Crippen molar-refractivity contribution in [2.45, 2.75) is 19.5 Å². The molecule has 3 heterocycles. The third kappa shape index (κ3) is 3.65. The van der Waals surface area contributed by atoms with E-state index in [1.54, 1.807) is 0 Å². The molecule has 0 atom stereocenters. The Labute approximate surface area is 154 Å². The van der Waals surface area contributed by atoms with Crippen molar-refractivity contribution in [3.63, 3.8) is 0 Å². The molecular formula is C19H27N7. The number of benzene rings is 1. The van der Waals surface area contributed by atoms with Gasteiger partial charge in [-0.2, -0.15) is 4.98 Å². The van der Waals surface area contributed by atoms with E-state index in [4.69, 9.17) is 15.8 Å². The fourth-order valence-corrected chi connectivity index (χ4v) is 3.70. The van der Waals surface area contributed by atoms with E-state index in [9.17, 15) is 0 Å². The smallest absolute Gasteiger partial charge is 0.227 e. The third-order valence-corrected chi connectivity index (χ3v) is 5.30. The second-order valence-electron chi connectivity index (χ2n) is 7.18. The minimum Gasteiger partial charge on any atom is -0.338 e. The van der Waals surface area contributed by atoms with Crippen LogP contribution in [0.1, 0.15) is 16.8 Å². The van der Waals surface area contributed by atoms with E-state index in [2.05, 4.69) is 57.5 Å². The summed E-state index contributed by atoms with van der Waals surface area (Å²) < 4.78 is 0. The van der Waals surface area contributed by atoms with Gasteiger partial charge in [-0.05, 0) is 12.6 Å². The highest BCUT2D eigenvalue weighted by atomic mass is 15.3. The standard InChI is InChI=1S/C19H27N7/c1-24-9-11-26(12-10-24)19-21-17-7-8-25(13-15-5-3-2-4-6-15)14-16(17)18(22-19)23-20/h2-6H,7-14,20H2,1H3,(H,21,22,23). The third-order valence-electron chi connectivity index (χ3n) is 5.30. The van der Waals surface area contributed by atoms with Gasteiger partial charge >= 0.3 is 0 Å². The lowest BCUT2D eigenvalue weighted by atomic mass is 10.1. The van der Waals surface area contributed by atoms with E-state index in [1.165, 1.54) is 5.56 Å². The largest absolute Gasteiger partial charge is 0.338 e. The van der Waals surface area contributed by atoms with Gasteiger partial charge in [0, 0.05) is 57.8 Å². The Morgan fingerprint density at radius 1 is 1.04 bits per heavy atom. The molecule has 3 N–H and O–H groups in total. The van der Waals surface area contributed by atoms with Crippen LogP contribution in [0.15, 0.2) is 30.3 Å². The summed E-state index contributed by atoms with van der Waals surface area (Å²) in [5.74, 6) is 7.38. The Hall–Kier alpha value is -2.22. The van der Waals surface area contributed by atoms with Crippen molar-refractivity contribution in [2.24, 2.45) is 5.84 Å². The molecule has 7 heteroatoms. The van der Waals surface area contributed by atoms with E-state index >= 15 is 0 Å². The van der Waals surface area contributed by atoms with Crippen LogP contribution in [0.3, 0.4) is 0 Å². The maximum atomic E-state index is 5.81. The van der Waals surface area contributed by atoms with Crippen LogP contribution in [0, 0.1) is 0 Å². The van der Waals surface area contributed by atoms with Crippen LogP contribution in [-0.2, 0) is 19.5 Å². The molecule has 0 bridgehead atoms. The van der Waals surface area contributed by atoms with E-state index in [-0.39, 0.29) is 0 Å². The van der Waals surface area contributed by atoms with Gasteiger partial charge in [-0.1, -0.05) is 30.3 Å².